The molecule has 0 spiro atoms. The second-order valence-electron chi connectivity index (χ2n) is 7.54. The maximum Gasteiger partial charge on any atom is 0.328 e. The quantitative estimate of drug-likeness (QED) is 0.610. The molecule has 2 heterocycles. The lowest BCUT2D eigenvalue weighted by molar-refractivity contribution is -0.147. The largest absolute Gasteiger partial charge is 0.467 e. The number of nitrogens with one attached hydrogen (secondary N) is 1. The molecule has 2 fully saturated rings. The first kappa shape index (κ1) is 22.5. The number of carbonyl (C=O) groups excluding carboxylic acids is 2. The molecule has 0 radical (unpaired) electrons. The standard InChI is InChI=1S/C20H29N3O6S/c1-29-20(26)18-6-2-3-10-23(18)19(25)15-12-16(21-7-11-24)14-17(13-15)30(27,28)22-8-4-5-9-22/h12-14,18,21,24H,2-11H2,1H3/t18-/m0/s1. The van der Waals surface area contributed by atoms with Gasteiger partial charge in [-0.1, -0.05) is 0 Å². The average molecular weight is 440 g/mol. The Morgan fingerprint density at radius 2 is 1.83 bits per heavy atom. The summed E-state index contributed by atoms with van der Waals surface area (Å²) in [6.07, 6.45) is 3.71. The molecule has 2 aliphatic rings. The van der Waals surface area contributed by atoms with E-state index in [0.717, 1.165) is 25.7 Å². The lowest BCUT2D eigenvalue weighted by Gasteiger charge is -2.34. The summed E-state index contributed by atoms with van der Waals surface area (Å²) in [5.41, 5.74) is 0.616. The van der Waals surface area contributed by atoms with Crippen LogP contribution < -0.4 is 5.32 Å². The molecule has 2 saturated heterocycles. The molecule has 2 aliphatic heterocycles. The van der Waals surface area contributed by atoms with Gasteiger partial charge in [-0.15, -0.1) is 0 Å². The molecule has 1 aromatic carbocycles. The fourth-order valence-electron chi connectivity index (χ4n) is 3.97. The molecule has 2 N–H and O–H groups in total. The smallest absolute Gasteiger partial charge is 0.328 e. The van der Waals surface area contributed by atoms with Crippen LogP contribution in [-0.2, 0) is 19.6 Å². The summed E-state index contributed by atoms with van der Waals surface area (Å²) in [7, 11) is -2.45. The molecule has 1 aromatic rings. The zero-order valence-corrected chi connectivity index (χ0v) is 18.0. The molecule has 0 saturated carbocycles. The van der Waals surface area contributed by atoms with Crippen LogP contribution in [-0.4, -0.2) is 80.5 Å². The van der Waals surface area contributed by atoms with Gasteiger partial charge >= 0.3 is 5.97 Å². The van der Waals surface area contributed by atoms with Gasteiger partial charge in [-0.2, -0.15) is 4.31 Å². The molecule has 30 heavy (non-hydrogen) atoms. The Labute approximate surface area is 177 Å². The Balaban J connectivity index is 1.98. The molecular weight excluding hydrogens is 410 g/mol. The van der Waals surface area contributed by atoms with Crippen LogP contribution in [0.5, 0.6) is 0 Å². The van der Waals surface area contributed by atoms with Crippen molar-refractivity contribution in [1.82, 2.24) is 9.21 Å². The van der Waals surface area contributed by atoms with Crippen LogP contribution in [0.1, 0.15) is 42.5 Å². The van der Waals surface area contributed by atoms with Crippen LogP contribution in [0.15, 0.2) is 23.1 Å². The summed E-state index contributed by atoms with van der Waals surface area (Å²) in [6, 6.07) is 3.74. The van der Waals surface area contributed by atoms with E-state index in [9.17, 15) is 18.0 Å². The second-order valence-corrected chi connectivity index (χ2v) is 9.48. The van der Waals surface area contributed by atoms with Crippen LogP contribution >= 0.6 is 0 Å². The topological polar surface area (TPSA) is 116 Å². The Hall–Kier alpha value is -2.17. The zero-order valence-electron chi connectivity index (χ0n) is 17.2. The van der Waals surface area contributed by atoms with Crippen molar-refractivity contribution in [2.45, 2.75) is 43.0 Å². The molecule has 0 bridgehead atoms. The van der Waals surface area contributed by atoms with Crippen LogP contribution in [0.4, 0.5) is 5.69 Å². The number of amides is 1. The van der Waals surface area contributed by atoms with E-state index in [4.69, 9.17) is 9.84 Å². The highest BCUT2D eigenvalue weighted by molar-refractivity contribution is 7.89. The summed E-state index contributed by atoms with van der Waals surface area (Å²) < 4.78 is 32.4. The number of ether oxygens (including phenoxy) is 1. The number of sulfonamides is 1. The van der Waals surface area contributed by atoms with Crippen LogP contribution in [0, 0.1) is 0 Å². The van der Waals surface area contributed by atoms with Crippen molar-refractivity contribution in [3.63, 3.8) is 0 Å². The number of esters is 1. The molecule has 3 rings (SSSR count). The van der Waals surface area contributed by atoms with Crippen molar-refractivity contribution in [3.05, 3.63) is 23.8 Å². The van der Waals surface area contributed by atoms with Crippen molar-refractivity contribution < 1.29 is 27.9 Å². The predicted octanol–water partition coefficient (Wildman–Crippen LogP) is 1.04. The van der Waals surface area contributed by atoms with Gasteiger partial charge in [-0.25, -0.2) is 13.2 Å². The maximum absolute atomic E-state index is 13.3. The third kappa shape index (κ3) is 4.76. The van der Waals surface area contributed by atoms with Crippen molar-refractivity contribution >= 4 is 27.6 Å². The minimum absolute atomic E-state index is 0.0299. The first-order valence-corrected chi connectivity index (χ1v) is 11.7. The fraction of sp³-hybridized carbons (Fsp3) is 0.600. The number of aliphatic hydroxyl groups excluding tert-OH is 1. The van der Waals surface area contributed by atoms with Gasteiger partial charge < -0.3 is 20.1 Å². The lowest BCUT2D eigenvalue weighted by Crippen LogP contribution is -2.48. The summed E-state index contributed by atoms with van der Waals surface area (Å²) in [6.45, 7) is 1.40. The monoisotopic (exact) mass is 439 g/mol. The number of benzene rings is 1. The van der Waals surface area contributed by atoms with Gasteiger partial charge in [0.15, 0.2) is 0 Å². The number of likely N-dealkylation sites (tertiary alicyclic amines) is 1. The van der Waals surface area contributed by atoms with Crippen LogP contribution in [0.2, 0.25) is 0 Å². The molecule has 166 valence electrons. The highest BCUT2D eigenvalue weighted by atomic mass is 32.2. The number of hydrogen-bond donors (Lipinski definition) is 2. The van der Waals surface area contributed by atoms with Gasteiger partial charge in [0.2, 0.25) is 10.0 Å². The van der Waals surface area contributed by atoms with Crippen molar-refractivity contribution in [3.8, 4) is 0 Å². The SMILES string of the molecule is COC(=O)[C@@H]1CCCCN1C(=O)c1cc(NCCO)cc(S(=O)(=O)N2CCCC2)c1. The molecule has 9 nitrogen and oxygen atoms in total. The third-order valence-corrected chi connectivity index (χ3v) is 7.41. The number of piperidine rings is 1. The molecule has 1 atom stereocenters. The summed E-state index contributed by atoms with van der Waals surface area (Å²) in [5.74, 6) is -0.877. The third-order valence-electron chi connectivity index (χ3n) is 5.53. The minimum Gasteiger partial charge on any atom is -0.467 e. The van der Waals surface area contributed by atoms with Crippen LogP contribution in [0.25, 0.3) is 0 Å². The van der Waals surface area contributed by atoms with Gasteiger partial charge in [-0.05, 0) is 50.3 Å². The molecule has 1 amide bonds. The van der Waals surface area contributed by atoms with E-state index < -0.39 is 27.9 Å². The molecule has 10 heteroatoms. The van der Waals surface area contributed by atoms with E-state index in [1.54, 1.807) is 6.07 Å². The van der Waals surface area contributed by atoms with Gasteiger partial charge in [0.1, 0.15) is 6.04 Å². The van der Waals surface area contributed by atoms with Crippen molar-refractivity contribution in [2.75, 3.05) is 45.2 Å². The summed E-state index contributed by atoms with van der Waals surface area (Å²) >= 11 is 0. The highest BCUT2D eigenvalue weighted by Crippen LogP contribution is 2.27. The van der Waals surface area contributed by atoms with E-state index in [0.29, 0.717) is 31.7 Å². The van der Waals surface area contributed by atoms with E-state index in [2.05, 4.69) is 5.32 Å². The first-order valence-electron chi connectivity index (χ1n) is 10.3. The number of nitrogens with zero attached hydrogens (tertiary/aromatic N) is 2. The summed E-state index contributed by atoms with van der Waals surface area (Å²) in [5, 5.41) is 12.1. The van der Waals surface area contributed by atoms with Crippen LogP contribution in [0.3, 0.4) is 0 Å². The lowest BCUT2D eigenvalue weighted by atomic mass is 10.0. The Bertz CT molecular complexity index is 883. The Morgan fingerprint density at radius 1 is 1.13 bits per heavy atom. The number of rotatable bonds is 7. The molecule has 0 aromatic heterocycles. The first-order chi connectivity index (χ1) is 14.4. The number of methoxy groups -OCH3 is 1. The van der Waals surface area contributed by atoms with Crippen molar-refractivity contribution in [2.24, 2.45) is 0 Å². The Kier molecular flexibility index (Phi) is 7.32. The van der Waals surface area contributed by atoms with Gasteiger partial charge in [0.25, 0.3) is 5.91 Å². The number of anilines is 1. The number of hydrogen-bond acceptors (Lipinski definition) is 7. The highest BCUT2D eigenvalue weighted by Gasteiger charge is 2.34. The molecule has 0 unspecified atom stereocenters. The summed E-state index contributed by atoms with van der Waals surface area (Å²) in [4.78, 5) is 26.9. The predicted molar refractivity (Wildman–Crippen MR) is 111 cm³/mol. The minimum atomic E-state index is -3.74. The van der Waals surface area contributed by atoms with E-state index in [1.807, 2.05) is 0 Å². The van der Waals surface area contributed by atoms with E-state index in [-0.39, 0.29) is 23.6 Å². The Morgan fingerprint density at radius 3 is 2.50 bits per heavy atom. The number of carbonyl (C=O) groups is 2. The maximum atomic E-state index is 13.3. The van der Waals surface area contributed by atoms with Gasteiger partial charge in [0.05, 0.1) is 18.6 Å². The average Bonchev–Trinajstić information content (AvgIpc) is 3.32. The second kappa shape index (κ2) is 9.76. The van der Waals surface area contributed by atoms with E-state index >= 15 is 0 Å². The zero-order chi connectivity index (χ0) is 21.7. The van der Waals surface area contributed by atoms with E-state index in [1.165, 1.54) is 28.4 Å². The molecule has 0 aliphatic carbocycles. The van der Waals surface area contributed by atoms with Gasteiger partial charge in [-0.3, -0.25) is 4.79 Å². The van der Waals surface area contributed by atoms with Crippen molar-refractivity contribution in [1.29, 1.82) is 0 Å². The van der Waals surface area contributed by atoms with Gasteiger partial charge in [0, 0.05) is 37.4 Å². The number of aliphatic hydroxyl groups is 1. The normalized spacial score (nSPS) is 20.2. The molecular formula is C20H29N3O6S. The fourth-order valence-corrected chi connectivity index (χ4v) is 5.56.